The number of hydrogen-bond donors (Lipinski definition) is 1. The van der Waals surface area contributed by atoms with Crippen LogP contribution in [-0.4, -0.2) is 5.91 Å². The first-order valence-electron chi connectivity index (χ1n) is 4.89. The Morgan fingerprint density at radius 3 is 2.82 bits per heavy atom. The largest absolute Gasteiger partial charge is 0.452 e. The maximum absolute atomic E-state index is 13.3. The van der Waals surface area contributed by atoms with Crippen molar-refractivity contribution in [2.75, 3.05) is 5.32 Å². The fraction of sp³-hybridized carbons (Fsp3) is 0.0833. The normalized spacial score (nSPS) is 10.3. The molecule has 1 aromatic carbocycles. The molecule has 2 aromatic rings. The van der Waals surface area contributed by atoms with Gasteiger partial charge in [-0.2, -0.15) is 0 Å². The molecular weight excluding hydrogens is 245 g/mol. The summed E-state index contributed by atoms with van der Waals surface area (Å²) in [7, 11) is 0. The minimum atomic E-state index is -0.433. The van der Waals surface area contributed by atoms with Crippen molar-refractivity contribution in [3.8, 4) is 0 Å². The van der Waals surface area contributed by atoms with E-state index < -0.39 is 5.91 Å². The van der Waals surface area contributed by atoms with Gasteiger partial charge in [0.15, 0.2) is 0 Å². The Hall–Kier alpha value is -1.81. The van der Waals surface area contributed by atoms with E-state index in [0.29, 0.717) is 11.3 Å². The van der Waals surface area contributed by atoms with E-state index in [4.69, 9.17) is 16.0 Å². The van der Waals surface area contributed by atoms with Crippen molar-refractivity contribution in [1.82, 2.24) is 0 Å². The van der Waals surface area contributed by atoms with E-state index in [9.17, 15) is 9.18 Å². The number of amides is 1. The van der Waals surface area contributed by atoms with Crippen LogP contribution in [0.15, 0.2) is 34.9 Å². The van der Waals surface area contributed by atoms with Crippen molar-refractivity contribution in [2.24, 2.45) is 0 Å². The Kier molecular flexibility index (Phi) is 3.15. The average Bonchev–Trinajstić information content (AvgIpc) is 2.71. The molecule has 0 fully saturated rings. The van der Waals surface area contributed by atoms with E-state index in [0.717, 1.165) is 0 Å². The minimum Gasteiger partial charge on any atom is -0.452 e. The van der Waals surface area contributed by atoms with Crippen LogP contribution >= 0.6 is 11.6 Å². The number of furan rings is 1. The van der Waals surface area contributed by atoms with E-state index in [2.05, 4.69) is 5.32 Å². The van der Waals surface area contributed by atoms with E-state index in [1.165, 1.54) is 24.5 Å². The van der Waals surface area contributed by atoms with Gasteiger partial charge in [0, 0.05) is 11.3 Å². The fourth-order valence-corrected chi connectivity index (χ4v) is 1.59. The van der Waals surface area contributed by atoms with Crippen molar-refractivity contribution < 1.29 is 13.6 Å². The van der Waals surface area contributed by atoms with Gasteiger partial charge in [-0.1, -0.05) is 6.07 Å². The smallest absolute Gasteiger partial charge is 0.260 e. The molecule has 0 aliphatic rings. The topological polar surface area (TPSA) is 42.2 Å². The third-order valence-electron chi connectivity index (χ3n) is 2.38. The standard InChI is InChI=1S/C12H9ClFNO2/c1-7-9(14)3-2-4-10(7)15-12(16)8-5-6-17-11(8)13/h2-6H,1H3,(H,15,16). The predicted octanol–water partition coefficient (Wildman–Crippen LogP) is 3.63. The third kappa shape index (κ3) is 2.31. The summed E-state index contributed by atoms with van der Waals surface area (Å²) < 4.78 is 18.1. The summed E-state index contributed by atoms with van der Waals surface area (Å²) >= 11 is 5.67. The molecule has 1 heterocycles. The fourth-order valence-electron chi connectivity index (χ4n) is 1.39. The maximum Gasteiger partial charge on any atom is 0.260 e. The summed E-state index contributed by atoms with van der Waals surface area (Å²) in [6.07, 6.45) is 1.32. The summed E-state index contributed by atoms with van der Waals surface area (Å²) in [4.78, 5) is 11.8. The molecule has 5 heteroatoms. The minimum absolute atomic E-state index is 0.0107. The van der Waals surface area contributed by atoms with Crippen LogP contribution in [0.1, 0.15) is 15.9 Å². The number of benzene rings is 1. The first-order chi connectivity index (χ1) is 8.09. The molecule has 3 nitrogen and oxygen atoms in total. The maximum atomic E-state index is 13.3. The summed E-state index contributed by atoms with van der Waals surface area (Å²) in [6, 6.07) is 5.92. The molecule has 0 saturated carbocycles. The first kappa shape index (κ1) is 11.7. The lowest BCUT2D eigenvalue weighted by molar-refractivity contribution is 0.102. The number of rotatable bonds is 2. The van der Waals surface area contributed by atoms with Crippen LogP contribution in [-0.2, 0) is 0 Å². The summed E-state index contributed by atoms with van der Waals surface area (Å²) in [5.41, 5.74) is 1.00. The van der Waals surface area contributed by atoms with Crippen LogP contribution in [0.3, 0.4) is 0 Å². The Morgan fingerprint density at radius 1 is 1.41 bits per heavy atom. The second-order valence-corrected chi connectivity index (χ2v) is 3.82. The van der Waals surface area contributed by atoms with Gasteiger partial charge in [-0.3, -0.25) is 4.79 Å². The van der Waals surface area contributed by atoms with E-state index in [-0.39, 0.29) is 16.6 Å². The number of carbonyl (C=O) groups is 1. The lowest BCUT2D eigenvalue weighted by Crippen LogP contribution is -2.12. The predicted molar refractivity (Wildman–Crippen MR) is 62.8 cm³/mol. The van der Waals surface area contributed by atoms with Gasteiger partial charge in [0.25, 0.3) is 5.91 Å². The molecule has 0 aliphatic carbocycles. The van der Waals surface area contributed by atoms with Gasteiger partial charge in [-0.15, -0.1) is 0 Å². The molecular formula is C12H9ClFNO2. The zero-order valence-electron chi connectivity index (χ0n) is 8.96. The van der Waals surface area contributed by atoms with Crippen molar-refractivity contribution >= 4 is 23.2 Å². The molecule has 1 N–H and O–H groups in total. The second kappa shape index (κ2) is 4.59. The van der Waals surface area contributed by atoms with Crippen LogP contribution in [0.4, 0.5) is 10.1 Å². The van der Waals surface area contributed by atoms with Gasteiger partial charge >= 0.3 is 0 Å². The Bertz CT molecular complexity index is 565. The van der Waals surface area contributed by atoms with E-state index in [1.807, 2.05) is 0 Å². The molecule has 0 saturated heterocycles. The van der Waals surface area contributed by atoms with Crippen molar-refractivity contribution in [2.45, 2.75) is 6.92 Å². The van der Waals surface area contributed by atoms with Gasteiger partial charge in [-0.25, -0.2) is 4.39 Å². The van der Waals surface area contributed by atoms with Crippen molar-refractivity contribution in [1.29, 1.82) is 0 Å². The van der Waals surface area contributed by atoms with Crippen LogP contribution in [0.2, 0.25) is 5.22 Å². The monoisotopic (exact) mass is 253 g/mol. The highest BCUT2D eigenvalue weighted by Gasteiger charge is 2.14. The lowest BCUT2D eigenvalue weighted by atomic mass is 10.2. The Labute approximate surface area is 102 Å². The number of hydrogen-bond acceptors (Lipinski definition) is 2. The Balaban J connectivity index is 2.25. The highest BCUT2D eigenvalue weighted by molar-refractivity contribution is 6.32. The summed E-state index contributed by atoms with van der Waals surface area (Å²) in [6.45, 7) is 1.59. The summed E-state index contributed by atoms with van der Waals surface area (Å²) in [5.74, 6) is -0.807. The zero-order valence-corrected chi connectivity index (χ0v) is 9.72. The summed E-state index contributed by atoms with van der Waals surface area (Å²) in [5, 5.41) is 2.58. The van der Waals surface area contributed by atoms with Gasteiger partial charge in [0.05, 0.1) is 11.8 Å². The van der Waals surface area contributed by atoms with Crippen LogP contribution in [0.5, 0.6) is 0 Å². The molecule has 0 spiro atoms. The molecule has 1 amide bonds. The molecule has 0 unspecified atom stereocenters. The van der Waals surface area contributed by atoms with E-state index >= 15 is 0 Å². The highest BCUT2D eigenvalue weighted by atomic mass is 35.5. The van der Waals surface area contributed by atoms with Gasteiger partial charge in [-0.05, 0) is 36.7 Å². The van der Waals surface area contributed by atoms with Crippen LogP contribution < -0.4 is 5.32 Å². The van der Waals surface area contributed by atoms with Gasteiger partial charge < -0.3 is 9.73 Å². The SMILES string of the molecule is Cc1c(F)cccc1NC(=O)c1ccoc1Cl. The zero-order chi connectivity index (χ0) is 12.4. The number of carbonyl (C=O) groups excluding carboxylic acids is 1. The Morgan fingerprint density at radius 2 is 2.18 bits per heavy atom. The molecule has 2 rings (SSSR count). The number of halogens is 2. The van der Waals surface area contributed by atoms with Crippen LogP contribution in [0, 0.1) is 12.7 Å². The van der Waals surface area contributed by atoms with Crippen molar-refractivity contribution in [3.05, 3.63) is 52.7 Å². The lowest BCUT2D eigenvalue weighted by Gasteiger charge is -2.07. The quantitative estimate of drug-likeness (QED) is 0.888. The number of nitrogens with one attached hydrogen (secondary N) is 1. The highest BCUT2D eigenvalue weighted by Crippen LogP contribution is 2.21. The van der Waals surface area contributed by atoms with E-state index in [1.54, 1.807) is 13.0 Å². The molecule has 0 aliphatic heterocycles. The third-order valence-corrected chi connectivity index (χ3v) is 2.67. The van der Waals surface area contributed by atoms with Gasteiger partial charge in [0.2, 0.25) is 5.22 Å². The molecule has 0 bridgehead atoms. The first-order valence-corrected chi connectivity index (χ1v) is 5.27. The van der Waals surface area contributed by atoms with Crippen molar-refractivity contribution in [3.63, 3.8) is 0 Å². The molecule has 88 valence electrons. The number of anilines is 1. The van der Waals surface area contributed by atoms with Gasteiger partial charge in [0.1, 0.15) is 5.82 Å². The molecule has 1 aromatic heterocycles. The second-order valence-electron chi connectivity index (χ2n) is 3.47. The van der Waals surface area contributed by atoms with Crippen LogP contribution in [0.25, 0.3) is 0 Å². The molecule has 0 atom stereocenters. The molecule has 0 radical (unpaired) electrons. The molecule has 17 heavy (non-hydrogen) atoms. The average molecular weight is 254 g/mol.